The van der Waals surface area contributed by atoms with E-state index in [1.807, 2.05) is 11.0 Å². The smallest absolute Gasteiger partial charge is 0.196 e. The molecule has 0 radical (unpaired) electrons. The molecule has 0 aromatic heterocycles. The maximum Gasteiger partial charge on any atom is 0.196 e. The van der Waals surface area contributed by atoms with Gasteiger partial charge in [0.05, 0.1) is 24.6 Å². The summed E-state index contributed by atoms with van der Waals surface area (Å²) in [5.41, 5.74) is 2.90. The van der Waals surface area contributed by atoms with Gasteiger partial charge in [-0.3, -0.25) is 10.2 Å². The summed E-state index contributed by atoms with van der Waals surface area (Å²) in [6, 6.07) is -0.321. The zero-order valence-electron chi connectivity index (χ0n) is 11.2. The summed E-state index contributed by atoms with van der Waals surface area (Å²) in [6.45, 7) is 3.98. The second-order valence-corrected chi connectivity index (χ2v) is 5.52. The molecule has 20 heavy (non-hydrogen) atoms. The Bertz CT molecular complexity index is 457. The van der Waals surface area contributed by atoms with E-state index in [0.717, 1.165) is 0 Å². The predicted octanol–water partition coefficient (Wildman–Crippen LogP) is 1.48. The van der Waals surface area contributed by atoms with E-state index < -0.39 is 0 Å². The van der Waals surface area contributed by atoms with Gasteiger partial charge in [0.15, 0.2) is 11.6 Å². The fourth-order valence-electron chi connectivity index (χ4n) is 2.03. The van der Waals surface area contributed by atoms with Crippen molar-refractivity contribution < 1.29 is 9.53 Å². The maximum absolute atomic E-state index is 11.7. The molecule has 0 aromatic carbocycles. The number of allylic oxidation sites excluding steroid dienone is 2. The molecule has 110 valence electrons. The third-order valence-corrected chi connectivity index (χ3v) is 3.86. The van der Waals surface area contributed by atoms with Gasteiger partial charge in [-0.15, -0.1) is 11.6 Å². The molecule has 0 aromatic rings. The zero-order chi connectivity index (χ0) is 14.5. The Hall–Kier alpha value is -1.04. The number of hydrazone groups is 1. The van der Waals surface area contributed by atoms with Gasteiger partial charge in [-0.05, 0) is 6.08 Å². The Morgan fingerprint density at radius 2 is 2.20 bits per heavy atom. The number of Topliss-reactive ketones (excluding diaryl/α,β-unsaturated/α-hetero) is 1. The van der Waals surface area contributed by atoms with Crippen molar-refractivity contribution in [3.63, 3.8) is 0 Å². The van der Waals surface area contributed by atoms with Crippen LogP contribution >= 0.6 is 23.2 Å². The molecule has 1 N–H and O–H groups in total. The van der Waals surface area contributed by atoms with Gasteiger partial charge >= 0.3 is 0 Å². The highest BCUT2D eigenvalue weighted by molar-refractivity contribution is 6.37. The highest BCUT2D eigenvalue weighted by atomic mass is 35.5. The van der Waals surface area contributed by atoms with Gasteiger partial charge in [0.2, 0.25) is 0 Å². The molecule has 2 aliphatic rings. The van der Waals surface area contributed by atoms with Crippen LogP contribution in [0.15, 0.2) is 28.4 Å². The SMILES string of the molecule is CC(=O)/C(=N\N[C@H]1C(Cl)=CC=C[C@@H]1Cl)N1CCOCC1. The fraction of sp³-hybridized carbons (Fsp3) is 0.538. The Labute approximate surface area is 128 Å². The quantitative estimate of drug-likeness (QED) is 0.371. The van der Waals surface area contributed by atoms with Gasteiger partial charge in [-0.1, -0.05) is 23.8 Å². The summed E-state index contributed by atoms with van der Waals surface area (Å²) in [5, 5.41) is 4.49. The molecular formula is C13H17Cl2N3O2. The van der Waals surface area contributed by atoms with E-state index in [1.165, 1.54) is 6.92 Å². The van der Waals surface area contributed by atoms with Gasteiger partial charge in [0.25, 0.3) is 0 Å². The lowest BCUT2D eigenvalue weighted by Gasteiger charge is -2.29. The van der Waals surface area contributed by atoms with E-state index in [1.54, 1.807) is 12.2 Å². The molecule has 0 unspecified atom stereocenters. The molecule has 2 rings (SSSR count). The topological polar surface area (TPSA) is 53.9 Å². The number of carbonyl (C=O) groups is 1. The van der Waals surface area contributed by atoms with Crippen LogP contribution in [0, 0.1) is 0 Å². The first-order chi connectivity index (χ1) is 9.59. The molecule has 0 amide bonds. The summed E-state index contributed by atoms with van der Waals surface area (Å²) in [7, 11) is 0. The van der Waals surface area contributed by atoms with Gasteiger partial charge < -0.3 is 9.64 Å². The third kappa shape index (κ3) is 3.75. The lowest BCUT2D eigenvalue weighted by atomic mass is 10.1. The maximum atomic E-state index is 11.7. The van der Waals surface area contributed by atoms with Crippen LogP contribution in [0.5, 0.6) is 0 Å². The first-order valence-corrected chi connectivity index (χ1v) is 7.26. The number of morpholine rings is 1. The number of rotatable bonds is 3. The molecule has 1 saturated heterocycles. The van der Waals surface area contributed by atoms with Crippen LogP contribution < -0.4 is 5.43 Å². The normalized spacial score (nSPS) is 27.2. The Kier molecular flexibility index (Phi) is 5.46. The summed E-state index contributed by atoms with van der Waals surface area (Å²) in [6.07, 6.45) is 5.38. The second-order valence-electron chi connectivity index (χ2n) is 4.58. The van der Waals surface area contributed by atoms with Crippen molar-refractivity contribution in [1.29, 1.82) is 0 Å². The molecule has 2 atom stereocenters. The molecular weight excluding hydrogens is 301 g/mol. The van der Waals surface area contributed by atoms with Crippen LogP contribution in [0.1, 0.15) is 6.92 Å². The van der Waals surface area contributed by atoms with Crippen molar-refractivity contribution in [1.82, 2.24) is 10.3 Å². The van der Waals surface area contributed by atoms with Crippen LogP contribution in [0.25, 0.3) is 0 Å². The average Bonchev–Trinajstić information content (AvgIpc) is 2.43. The third-order valence-electron chi connectivity index (χ3n) is 3.10. The number of ether oxygens (including phenoxy) is 1. The van der Waals surface area contributed by atoms with Crippen LogP contribution in [-0.4, -0.2) is 54.2 Å². The lowest BCUT2D eigenvalue weighted by Crippen LogP contribution is -2.45. The van der Waals surface area contributed by atoms with Gasteiger partial charge in [0.1, 0.15) is 0 Å². The molecule has 1 fully saturated rings. The number of hydrogen-bond acceptors (Lipinski definition) is 4. The van der Waals surface area contributed by atoms with Gasteiger partial charge in [-0.2, -0.15) is 5.10 Å². The van der Waals surface area contributed by atoms with Crippen molar-refractivity contribution in [2.75, 3.05) is 26.3 Å². The number of alkyl halides is 1. The van der Waals surface area contributed by atoms with Crippen LogP contribution in [0.4, 0.5) is 0 Å². The van der Waals surface area contributed by atoms with E-state index in [9.17, 15) is 4.79 Å². The van der Waals surface area contributed by atoms with Crippen molar-refractivity contribution in [2.24, 2.45) is 5.10 Å². The standard InChI is InChI=1S/C13H17Cl2N3O2/c1-9(19)13(18-5-7-20-8-6-18)17-16-12-10(14)3-2-4-11(12)15/h2-4,10,12,16H,5-8H2,1H3/b17-13+/t10-,12+/m0/s1. The number of nitrogens with zero attached hydrogens (tertiary/aromatic N) is 2. The summed E-state index contributed by atoms with van der Waals surface area (Å²) >= 11 is 12.3. The Morgan fingerprint density at radius 1 is 1.50 bits per heavy atom. The highest BCUT2D eigenvalue weighted by Gasteiger charge is 2.24. The van der Waals surface area contributed by atoms with E-state index in [4.69, 9.17) is 27.9 Å². The molecule has 0 bridgehead atoms. The van der Waals surface area contributed by atoms with E-state index in [2.05, 4.69) is 10.5 Å². The molecule has 1 aliphatic heterocycles. The summed E-state index contributed by atoms with van der Waals surface area (Å²) < 4.78 is 5.27. The lowest BCUT2D eigenvalue weighted by molar-refractivity contribution is -0.112. The molecule has 7 heteroatoms. The first-order valence-electron chi connectivity index (χ1n) is 6.44. The molecule has 1 heterocycles. The minimum atomic E-state index is -0.321. The number of nitrogens with one attached hydrogen (secondary N) is 1. The number of carbonyl (C=O) groups excluding carboxylic acids is 1. The fourth-order valence-corrected chi connectivity index (χ4v) is 2.63. The molecule has 0 saturated carbocycles. The molecule has 0 spiro atoms. The van der Waals surface area contributed by atoms with Gasteiger partial charge in [-0.25, -0.2) is 0 Å². The highest BCUT2D eigenvalue weighted by Crippen LogP contribution is 2.21. The Morgan fingerprint density at radius 3 is 2.80 bits per heavy atom. The predicted molar refractivity (Wildman–Crippen MR) is 80.1 cm³/mol. The minimum Gasteiger partial charge on any atom is -0.378 e. The van der Waals surface area contributed by atoms with E-state index in [0.29, 0.717) is 37.2 Å². The molecule has 5 nitrogen and oxygen atoms in total. The van der Waals surface area contributed by atoms with Crippen molar-refractivity contribution in [3.05, 3.63) is 23.3 Å². The minimum absolute atomic E-state index is 0.100. The monoisotopic (exact) mass is 317 g/mol. The van der Waals surface area contributed by atoms with Crippen molar-refractivity contribution in [2.45, 2.75) is 18.3 Å². The number of halogens is 2. The first kappa shape index (κ1) is 15.4. The van der Waals surface area contributed by atoms with Crippen LogP contribution in [0.2, 0.25) is 0 Å². The average molecular weight is 318 g/mol. The molecule has 1 aliphatic carbocycles. The van der Waals surface area contributed by atoms with Gasteiger partial charge in [0, 0.05) is 25.0 Å². The van der Waals surface area contributed by atoms with Crippen LogP contribution in [-0.2, 0) is 9.53 Å². The van der Waals surface area contributed by atoms with E-state index >= 15 is 0 Å². The second kappa shape index (κ2) is 7.11. The summed E-state index contributed by atoms with van der Waals surface area (Å²) in [4.78, 5) is 13.6. The zero-order valence-corrected chi connectivity index (χ0v) is 12.7. The number of amidine groups is 1. The summed E-state index contributed by atoms with van der Waals surface area (Å²) in [5.74, 6) is 0.285. The van der Waals surface area contributed by atoms with Crippen molar-refractivity contribution in [3.8, 4) is 0 Å². The largest absolute Gasteiger partial charge is 0.378 e. The van der Waals surface area contributed by atoms with E-state index in [-0.39, 0.29) is 17.2 Å². The van der Waals surface area contributed by atoms with Crippen molar-refractivity contribution >= 4 is 34.8 Å². The number of ketones is 1. The number of hydrogen-bond donors (Lipinski definition) is 1. The van der Waals surface area contributed by atoms with Crippen LogP contribution in [0.3, 0.4) is 0 Å². The Balaban J connectivity index is 2.07.